The second-order valence-corrected chi connectivity index (χ2v) is 12.2. The average molecular weight is 472 g/mol. The van der Waals surface area contributed by atoms with Crippen molar-refractivity contribution < 1.29 is 4.79 Å². The summed E-state index contributed by atoms with van der Waals surface area (Å²) in [5, 5.41) is 0. The van der Waals surface area contributed by atoms with Gasteiger partial charge in [-0.3, -0.25) is 4.79 Å². The van der Waals surface area contributed by atoms with Crippen LogP contribution in [0.2, 0.25) is 0 Å². The molecule has 4 aliphatic rings. The third-order valence-electron chi connectivity index (χ3n) is 10.2. The van der Waals surface area contributed by atoms with Crippen LogP contribution in [-0.2, 0) is 4.79 Å². The SMILES string of the molecule is C=C1C=C2N(C)C(=O)CCC2(C)C2CCC3(C)C(C(C)CCCC(C)C)CCC3C12.CC.CC. The summed E-state index contributed by atoms with van der Waals surface area (Å²) in [5.74, 6) is 4.87. The summed E-state index contributed by atoms with van der Waals surface area (Å²) in [5.41, 5.74) is 3.19. The smallest absolute Gasteiger partial charge is 0.226 e. The Morgan fingerprint density at radius 1 is 1.00 bits per heavy atom. The van der Waals surface area contributed by atoms with Gasteiger partial charge in [0.1, 0.15) is 0 Å². The molecule has 0 bridgehead atoms. The Morgan fingerprint density at radius 3 is 2.26 bits per heavy atom. The van der Waals surface area contributed by atoms with Crippen molar-refractivity contribution in [2.75, 3.05) is 7.05 Å². The summed E-state index contributed by atoms with van der Waals surface area (Å²) in [7, 11) is 1.98. The molecule has 0 aromatic heterocycles. The van der Waals surface area contributed by atoms with Gasteiger partial charge in [-0.05, 0) is 84.7 Å². The van der Waals surface area contributed by atoms with Crippen LogP contribution in [0, 0.1) is 46.3 Å². The van der Waals surface area contributed by atoms with Crippen molar-refractivity contribution in [2.24, 2.45) is 46.3 Å². The number of carbonyl (C=O) groups is 1. The van der Waals surface area contributed by atoms with Crippen LogP contribution in [-0.4, -0.2) is 17.9 Å². The number of likely N-dealkylation sites (tertiary alicyclic amines) is 1. The van der Waals surface area contributed by atoms with Gasteiger partial charge >= 0.3 is 0 Å². The van der Waals surface area contributed by atoms with Crippen molar-refractivity contribution in [3.05, 3.63) is 23.9 Å². The first-order valence-corrected chi connectivity index (χ1v) is 14.8. The Hall–Kier alpha value is -1.05. The van der Waals surface area contributed by atoms with E-state index in [0.717, 1.165) is 30.1 Å². The zero-order valence-corrected chi connectivity index (χ0v) is 24.5. The highest BCUT2D eigenvalue weighted by Gasteiger charge is 2.60. The summed E-state index contributed by atoms with van der Waals surface area (Å²) < 4.78 is 0. The second-order valence-electron chi connectivity index (χ2n) is 12.2. The molecule has 3 aliphatic carbocycles. The van der Waals surface area contributed by atoms with E-state index >= 15 is 0 Å². The van der Waals surface area contributed by atoms with E-state index in [1.54, 1.807) is 0 Å². The largest absolute Gasteiger partial charge is 0.319 e. The lowest BCUT2D eigenvalue weighted by molar-refractivity contribution is -0.135. The quantitative estimate of drug-likeness (QED) is 0.391. The van der Waals surface area contributed by atoms with Crippen LogP contribution < -0.4 is 0 Å². The summed E-state index contributed by atoms with van der Waals surface area (Å²) in [4.78, 5) is 14.3. The molecule has 2 nitrogen and oxygen atoms in total. The van der Waals surface area contributed by atoms with Crippen molar-refractivity contribution in [3.8, 4) is 0 Å². The number of rotatable bonds is 5. The fraction of sp³-hybridized carbons (Fsp3) is 0.844. The lowest BCUT2D eigenvalue weighted by Gasteiger charge is -2.59. The first-order valence-electron chi connectivity index (χ1n) is 14.8. The maximum absolute atomic E-state index is 12.4. The fourth-order valence-corrected chi connectivity index (χ4v) is 8.48. The molecule has 1 saturated heterocycles. The molecule has 0 aromatic rings. The number of amides is 1. The van der Waals surface area contributed by atoms with E-state index in [1.807, 2.05) is 39.6 Å². The van der Waals surface area contributed by atoms with Crippen LogP contribution >= 0.6 is 0 Å². The number of piperidine rings is 1. The Morgan fingerprint density at radius 2 is 1.65 bits per heavy atom. The van der Waals surface area contributed by atoms with E-state index in [1.165, 1.54) is 56.2 Å². The molecular formula is C32H57NO. The van der Waals surface area contributed by atoms with Crippen LogP contribution in [0.15, 0.2) is 23.9 Å². The molecule has 2 saturated carbocycles. The summed E-state index contributed by atoms with van der Waals surface area (Å²) in [6.07, 6.45) is 13.7. The Balaban J connectivity index is 0.000000970. The predicted octanol–water partition coefficient (Wildman–Crippen LogP) is 9.27. The van der Waals surface area contributed by atoms with Crippen LogP contribution in [0.3, 0.4) is 0 Å². The molecule has 3 fully saturated rings. The summed E-state index contributed by atoms with van der Waals surface area (Å²) in [6, 6.07) is 0. The number of hydrogen-bond acceptors (Lipinski definition) is 1. The Bertz CT molecular complexity index is 735. The van der Waals surface area contributed by atoms with Gasteiger partial charge in [0, 0.05) is 24.6 Å². The fourth-order valence-electron chi connectivity index (χ4n) is 8.48. The van der Waals surface area contributed by atoms with Crippen LogP contribution in [0.25, 0.3) is 0 Å². The molecule has 1 heterocycles. The molecular weight excluding hydrogens is 414 g/mol. The molecule has 0 aromatic carbocycles. The third-order valence-corrected chi connectivity index (χ3v) is 10.2. The van der Waals surface area contributed by atoms with Crippen molar-refractivity contribution >= 4 is 5.91 Å². The van der Waals surface area contributed by atoms with E-state index < -0.39 is 0 Å². The lowest BCUT2D eigenvalue weighted by Crippen LogP contribution is -2.54. The first-order chi connectivity index (χ1) is 16.1. The highest BCUT2D eigenvalue weighted by Crippen LogP contribution is 2.67. The molecule has 34 heavy (non-hydrogen) atoms. The summed E-state index contributed by atoms with van der Waals surface area (Å²) >= 11 is 0. The molecule has 7 atom stereocenters. The van der Waals surface area contributed by atoms with E-state index in [4.69, 9.17) is 0 Å². The van der Waals surface area contributed by atoms with Gasteiger partial charge in [-0.1, -0.05) is 88.2 Å². The molecule has 4 rings (SSSR count). The van der Waals surface area contributed by atoms with Crippen LogP contribution in [0.1, 0.15) is 120 Å². The second kappa shape index (κ2) is 11.8. The van der Waals surface area contributed by atoms with Gasteiger partial charge in [0.15, 0.2) is 0 Å². The van der Waals surface area contributed by atoms with Crippen molar-refractivity contribution in [1.82, 2.24) is 4.90 Å². The van der Waals surface area contributed by atoms with Gasteiger partial charge in [0.25, 0.3) is 0 Å². The molecule has 0 N–H and O–H groups in total. The minimum Gasteiger partial charge on any atom is -0.319 e. The molecule has 0 radical (unpaired) electrons. The zero-order valence-electron chi connectivity index (χ0n) is 24.5. The minimum absolute atomic E-state index is 0.150. The van der Waals surface area contributed by atoms with Crippen LogP contribution in [0.4, 0.5) is 0 Å². The normalized spacial score (nSPS) is 37.4. The van der Waals surface area contributed by atoms with Gasteiger partial charge in [-0.25, -0.2) is 0 Å². The molecule has 2 heteroatoms. The third kappa shape index (κ3) is 5.08. The standard InChI is InChI=1S/C28H45NO.2C2H6/c1-18(2)9-8-10-19(3)21-11-12-22-26-20(4)17-24-28(6,16-14-25(30)29(24)7)23(26)13-15-27(21,22)5;2*1-2/h17-19,21-23,26H,4,8-16H2,1-3,5-7H3;2*1-2H3. The molecule has 196 valence electrons. The Labute approximate surface area is 213 Å². The van der Waals surface area contributed by atoms with Gasteiger partial charge in [-0.15, -0.1) is 0 Å². The molecule has 1 amide bonds. The van der Waals surface area contributed by atoms with E-state index in [2.05, 4.69) is 47.3 Å². The number of fused-ring (bicyclic) bond motifs is 5. The van der Waals surface area contributed by atoms with Gasteiger partial charge in [0.05, 0.1) is 0 Å². The molecule has 1 aliphatic heterocycles. The van der Waals surface area contributed by atoms with E-state index in [-0.39, 0.29) is 11.3 Å². The van der Waals surface area contributed by atoms with Gasteiger partial charge in [0.2, 0.25) is 5.91 Å². The topological polar surface area (TPSA) is 20.3 Å². The number of nitrogens with zero attached hydrogens (tertiary/aromatic N) is 1. The van der Waals surface area contributed by atoms with E-state index in [9.17, 15) is 4.79 Å². The highest BCUT2D eigenvalue weighted by molar-refractivity contribution is 5.80. The monoisotopic (exact) mass is 471 g/mol. The van der Waals surface area contributed by atoms with Gasteiger partial charge < -0.3 is 4.90 Å². The molecule has 7 unspecified atom stereocenters. The highest BCUT2D eigenvalue weighted by atomic mass is 16.2. The lowest BCUT2D eigenvalue weighted by atomic mass is 9.47. The predicted molar refractivity (Wildman–Crippen MR) is 148 cm³/mol. The average Bonchev–Trinajstić information content (AvgIpc) is 3.17. The van der Waals surface area contributed by atoms with E-state index in [0.29, 0.717) is 23.7 Å². The summed E-state index contributed by atoms with van der Waals surface area (Å²) in [6.45, 7) is 24.9. The molecule has 0 spiro atoms. The number of hydrogen-bond donors (Lipinski definition) is 0. The maximum Gasteiger partial charge on any atom is 0.226 e. The zero-order chi connectivity index (χ0) is 25.8. The number of carbonyl (C=O) groups excluding carboxylic acids is 1. The first kappa shape index (κ1) is 29.2. The van der Waals surface area contributed by atoms with Crippen molar-refractivity contribution in [2.45, 2.75) is 120 Å². The van der Waals surface area contributed by atoms with Crippen molar-refractivity contribution in [1.29, 1.82) is 0 Å². The van der Waals surface area contributed by atoms with Crippen LogP contribution in [0.5, 0.6) is 0 Å². The van der Waals surface area contributed by atoms with Gasteiger partial charge in [-0.2, -0.15) is 0 Å². The number of allylic oxidation sites excluding steroid dienone is 3. The Kier molecular flexibility index (Phi) is 10.1. The maximum atomic E-state index is 12.4. The minimum atomic E-state index is 0.150. The van der Waals surface area contributed by atoms with Crippen molar-refractivity contribution in [3.63, 3.8) is 0 Å².